The zero-order valence-corrected chi connectivity index (χ0v) is 6.37. The summed E-state index contributed by atoms with van der Waals surface area (Å²) in [6, 6.07) is 0. The van der Waals surface area contributed by atoms with Gasteiger partial charge < -0.3 is 10.7 Å². The summed E-state index contributed by atoms with van der Waals surface area (Å²) in [6.07, 6.45) is -4.03. The minimum atomic E-state index is -4.44. The molecule has 6 heteroatoms. The Morgan fingerprint density at radius 1 is 1.50 bits per heavy atom. The number of aromatic nitrogens is 2. The van der Waals surface area contributed by atoms with Crippen LogP contribution in [-0.4, -0.2) is 9.97 Å². The summed E-state index contributed by atoms with van der Waals surface area (Å²) in [5.74, 6) is -1.11. The van der Waals surface area contributed by atoms with Gasteiger partial charge in [-0.1, -0.05) is 6.92 Å². The first kappa shape index (κ1) is 8.89. The van der Waals surface area contributed by atoms with Crippen molar-refractivity contribution in [3.05, 3.63) is 11.5 Å². The number of nitrogens with zero attached hydrogens (tertiary/aromatic N) is 1. The zero-order chi connectivity index (χ0) is 9.35. The number of rotatable bonds is 1. The van der Waals surface area contributed by atoms with Crippen LogP contribution < -0.4 is 5.73 Å². The first-order valence-corrected chi connectivity index (χ1v) is 3.36. The van der Waals surface area contributed by atoms with E-state index < -0.39 is 12.0 Å². The van der Waals surface area contributed by atoms with Crippen molar-refractivity contribution < 1.29 is 13.2 Å². The van der Waals surface area contributed by atoms with Gasteiger partial charge in [-0.25, -0.2) is 4.98 Å². The summed E-state index contributed by atoms with van der Waals surface area (Å²) in [6.45, 7) is 1.70. The van der Waals surface area contributed by atoms with Crippen molar-refractivity contribution in [2.75, 3.05) is 5.73 Å². The second kappa shape index (κ2) is 2.69. The lowest BCUT2D eigenvalue weighted by atomic mass is 10.3. The van der Waals surface area contributed by atoms with Gasteiger partial charge in [0.25, 0.3) is 0 Å². The van der Waals surface area contributed by atoms with E-state index in [-0.39, 0.29) is 5.82 Å². The highest BCUT2D eigenvalue weighted by Crippen LogP contribution is 2.28. The lowest BCUT2D eigenvalue weighted by Gasteiger charge is -1.99. The Labute approximate surface area is 66.8 Å². The molecule has 0 aliphatic rings. The molecule has 0 amide bonds. The van der Waals surface area contributed by atoms with Crippen molar-refractivity contribution in [1.82, 2.24) is 9.97 Å². The molecule has 68 valence electrons. The molecule has 0 aliphatic carbocycles. The fraction of sp³-hybridized carbons (Fsp3) is 0.500. The number of nitrogen functional groups attached to an aromatic ring is 1. The fourth-order valence-electron chi connectivity index (χ4n) is 0.827. The predicted molar refractivity (Wildman–Crippen MR) is 37.4 cm³/mol. The van der Waals surface area contributed by atoms with Gasteiger partial charge in [0, 0.05) is 0 Å². The molecule has 0 aromatic carbocycles. The van der Waals surface area contributed by atoms with E-state index in [1.807, 2.05) is 0 Å². The van der Waals surface area contributed by atoms with Gasteiger partial charge >= 0.3 is 6.18 Å². The number of imidazole rings is 1. The van der Waals surface area contributed by atoms with Gasteiger partial charge in [-0.2, -0.15) is 13.2 Å². The Balaban J connectivity index is 3.05. The van der Waals surface area contributed by atoms with Crippen LogP contribution in [0, 0.1) is 0 Å². The SMILES string of the molecule is CCc1[nH]c(C(F)(F)F)nc1N. The average Bonchev–Trinajstić information content (AvgIpc) is 2.29. The Hall–Kier alpha value is -1.20. The summed E-state index contributed by atoms with van der Waals surface area (Å²) in [5.41, 5.74) is 5.53. The number of H-pyrrole nitrogens is 1. The minimum Gasteiger partial charge on any atom is -0.382 e. The first-order valence-electron chi connectivity index (χ1n) is 3.36. The van der Waals surface area contributed by atoms with Crippen LogP contribution in [0.2, 0.25) is 0 Å². The molecule has 0 atom stereocenters. The number of anilines is 1. The Kier molecular flexibility index (Phi) is 1.99. The summed E-state index contributed by atoms with van der Waals surface area (Å²) in [7, 11) is 0. The predicted octanol–water partition coefficient (Wildman–Crippen LogP) is 1.57. The van der Waals surface area contributed by atoms with Gasteiger partial charge in [0.2, 0.25) is 5.82 Å². The van der Waals surface area contributed by atoms with Crippen molar-refractivity contribution in [2.24, 2.45) is 0 Å². The molecule has 0 unspecified atom stereocenters. The van der Waals surface area contributed by atoms with Crippen molar-refractivity contribution in [3.8, 4) is 0 Å². The molecular formula is C6H8F3N3. The molecule has 0 saturated heterocycles. The molecule has 3 N–H and O–H groups in total. The highest BCUT2D eigenvalue weighted by atomic mass is 19.4. The lowest BCUT2D eigenvalue weighted by Crippen LogP contribution is -2.07. The molecule has 1 aromatic rings. The van der Waals surface area contributed by atoms with Crippen molar-refractivity contribution in [1.29, 1.82) is 0 Å². The number of nitrogens with two attached hydrogens (primary N) is 1. The second-order valence-corrected chi connectivity index (χ2v) is 2.30. The van der Waals surface area contributed by atoms with Crippen LogP contribution in [0.3, 0.4) is 0 Å². The van der Waals surface area contributed by atoms with E-state index in [0.717, 1.165) is 0 Å². The van der Waals surface area contributed by atoms with E-state index in [9.17, 15) is 13.2 Å². The van der Waals surface area contributed by atoms with Crippen molar-refractivity contribution >= 4 is 5.82 Å². The zero-order valence-electron chi connectivity index (χ0n) is 6.37. The number of halogens is 3. The topological polar surface area (TPSA) is 54.7 Å². The van der Waals surface area contributed by atoms with Crippen LogP contribution in [0.25, 0.3) is 0 Å². The van der Waals surface area contributed by atoms with E-state index >= 15 is 0 Å². The standard InChI is InChI=1S/C6H8F3N3/c1-2-3-4(10)12-5(11-3)6(7,8)9/h2,10H2,1H3,(H,11,12). The van der Waals surface area contributed by atoms with Crippen LogP contribution in [0.15, 0.2) is 0 Å². The van der Waals surface area contributed by atoms with E-state index in [0.29, 0.717) is 12.1 Å². The van der Waals surface area contributed by atoms with Gasteiger partial charge in [0.15, 0.2) is 0 Å². The van der Waals surface area contributed by atoms with Crippen LogP contribution in [0.5, 0.6) is 0 Å². The number of alkyl halides is 3. The van der Waals surface area contributed by atoms with E-state index in [1.54, 1.807) is 6.92 Å². The quantitative estimate of drug-likeness (QED) is 0.687. The molecule has 0 spiro atoms. The van der Waals surface area contributed by atoms with Gasteiger partial charge in [-0.3, -0.25) is 0 Å². The molecule has 3 nitrogen and oxygen atoms in total. The second-order valence-electron chi connectivity index (χ2n) is 2.30. The summed E-state index contributed by atoms with van der Waals surface area (Å²) < 4.78 is 35.9. The molecule has 0 aliphatic heterocycles. The minimum absolute atomic E-state index is 0.0789. The molecule has 1 heterocycles. The number of aromatic amines is 1. The molecule has 0 fully saturated rings. The highest BCUT2D eigenvalue weighted by molar-refractivity contribution is 5.36. The molecule has 1 aromatic heterocycles. The Bertz CT molecular complexity index is 276. The summed E-state index contributed by atoms with van der Waals surface area (Å²) in [4.78, 5) is 5.26. The van der Waals surface area contributed by atoms with E-state index in [2.05, 4.69) is 9.97 Å². The number of hydrogen-bond acceptors (Lipinski definition) is 2. The maximum absolute atomic E-state index is 12.0. The maximum Gasteiger partial charge on any atom is 0.449 e. The summed E-state index contributed by atoms with van der Waals surface area (Å²) in [5, 5.41) is 0. The average molecular weight is 179 g/mol. The number of aryl methyl sites for hydroxylation is 1. The largest absolute Gasteiger partial charge is 0.449 e. The summed E-state index contributed by atoms with van der Waals surface area (Å²) >= 11 is 0. The number of nitrogens with one attached hydrogen (secondary N) is 1. The van der Waals surface area contributed by atoms with E-state index in [1.165, 1.54) is 0 Å². The van der Waals surface area contributed by atoms with Gasteiger partial charge in [-0.05, 0) is 6.42 Å². The maximum atomic E-state index is 12.0. The Morgan fingerprint density at radius 3 is 2.33 bits per heavy atom. The molecule has 0 radical (unpaired) electrons. The molecule has 1 rings (SSSR count). The smallest absolute Gasteiger partial charge is 0.382 e. The highest BCUT2D eigenvalue weighted by Gasteiger charge is 2.35. The van der Waals surface area contributed by atoms with E-state index in [4.69, 9.17) is 5.73 Å². The monoisotopic (exact) mass is 179 g/mol. The van der Waals surface area contributed by atoms with Gasteiger partial charge in [0.1, 0.15) is 5.82 Å². The third kappa shape index (κ3) is 1.51. The molecule has 0 bridgehead atoms. The van der Waals surface area contributed by atoms with Crippen molar-refractivity contribution in [3.63, 3.8) is 0 Å². The van der Waals surface area contributed by atoms with Crippen LogP contribution in [-0.2, 0) is 12.6 Å². The fourth-order valence-corrected chi connectivity index (χ4v) is 0.827. The van der Waals surface area contributed by atoms with Gasteiger partial charge in [0.05, 0.1) is 5.69 Å². The van der Waals surface area contributed by atoms with Crippen LogP contribution in [0.4, 0.5) is 19.0 Å². The van der Waals surface area contributed by atoms with Crippen molar-refractivity contribution in [2.45, 2.75) is 19.5 Å². The van der Waals surface area contributed by atoms with Crippen LogP contribution >= 0.6 is 0 Å². The molecule has 0 saturated carbocycles. The third-order valence-electron chi connectivity index (χ3n) is 1.43. The molecular weight excluding hydrogens is 171 g/mol. The van der Waals surface area contributed by atoms with Crippen LogP contribution in [0.1, 0.15) is 18.4 Å². The lowest BCUT2D eigenvalue weighted by molar-refractivity contribution is -0.144. The Morgan fingerprint density at radius 2 is 2.08 bits per heavy atom. The molecule has 12 heavy (non-hydrogen) atoms. The first-order chi connectivity index (χ1) is 5.45. The number of hydrogen-bond donors (Lipinski definition) is 2. The third-order valence-corrected chi connectivity index (χ3v) is 1.43. The van der Waals surface area contributed by atoms with Gasteiger partial charge in [-0.15, -0.1) is 0 Å². The normalized spacial score (nSPS) is 12.0.